The molecule has 0 radical (unpaired) electrons. The fourth-order valence-corrected chi connectivity index (χ4v) is 0.676. The van der Waals surface area contributed by atoms with Gasteiger partial charge in [-0.3, -0.25) is 4.79 Å². The van der Waals surface area contributed by atoms with Gasteiger partial charge in [0.1, 0.15) is 5.78 Å². The van der Waals surface area contributed by atoms with Crippen molar-refractivity contribution < 1.29 is 23.7 Å². The zero-order chi connectivity index (χ0) is 10.9. The Morgan fingerprint density at radius 2 is 1.79 bits per heavy atom. The number of nitrogens with zero attached hydrogens (tertiary/aromatic N) is 1. The molecule has 0 fully saturated rings. The summed E-state index contributed by atoms with van der Waals surface area (Å²) in [6, 6.07) is 0. The number of unbranched alkanes of at least 4 members (excludes halogenated alkanes) is 1. The van der Waals surface area contributed by atoms with Gasteiger partial charge in [-0.2, -0.15) is 6.42 Å². The molecule has 3 heteroatoms. The van der Waals surface area contributed by atoms with E-state index in [-0.39, 0.29) is 30.6 Å². The molecule has 0 aliphatic carbocycles. The van der Waals surface area contributed by atoms with Gasteiger partial charge in [-0.15, -0.1) is 0 Å². The largest absolute Gasteiger partial charge is 1.00 e. The Morgan fingerprint density at radius 3 is 1.86 bits per heavy atom. The molecule has 0 bridgehead atoms. The fourth-order valence-electron chi connectivity index (χ4n) is 0.676. The Labute approximate surface area is 102 Å². The van der Waals surface area contributed by atoms with E-state index in [4.69, 9.17) is 0 Å². The molecule has 1 unspecified atom stereocenters. The average molecular weight is 193 g/mol. The quantitative estimate of drug-likeness (QED) is 0.439. The van der Waals surface area contributed by atoms with E-state index >= 15 is 0 Å². The summed E-state index contributed by atoms with van der Waals surface area (Å²) < 4.78 is 0. The minimum atomic E-state index is 0. The molecule has 0 aromatic carbocycles. The molecule has 80 valence electrons. The number of ketones is 1. The molecule has 0 amide bonds. The van der Waals surface area contributed by atoms with Gasteiger partial charge in [-0.05, 0) is 21.0 Å². The summed E-state index contributed by atoms with van der Waals surface area (Å²) in [5.74, 6) is 0.448. The van der Waals surface area contributed by atoms with Crippen molar-refractivity contribution in [3.8, 4) is 0 Å². The van der Waals surface area contributed by atoms with Crippen molar-refractivity contribution >= 4 is 5.78 Å². The van der Waals surface area contributed by atoms with E-state index in [0.717, 1.165) is 13.0 Å². The number of carbonyl (C=O) groups excluding carboxylic acids is 1. The number of Topliss-reactive ketones (excluding diaryl/α,β-unsaturated/α-hetero) is 1. The Balaban J connectivity index is -0.000000209. The SMILES string of the molecule is CC(=O)C(C)CN(C)C.[CH2-]CCC.[Li+]. The first-order valence-electron chi connectivity index (χ1n) is 4.90. The topological polar surface area (TPSA) is 20.3 Å². The number of rotatable bonds is 4. The maximum Gasteiger partial charge on any atom is 1.00 e. The molecule has 0 rings (SSSR count). The summed E-state index contributed by atoms with van der Waals surface area (Å²) in [6.45, 7) is 10.2. The molecule has 2 nitrogen and oxygen atoms in total. The van der Waals surface area contributed by atoms with Crippen LogP contribution in [-0.4, -0.2) is 31.3 Å². The predicted molar refractivity (Wildman–Crippen MR) is 58.7 cm³/mol. The first kappa shape index (κ1) is 19.7. The normalized spacial score (nSPS) is 11.1. The van der Waals surface area contributed by atoms with Gasteiger partial charge in [0.25, 0.3) is 0 Å². The van der Waals surface area contributed by atoms with Crippen LogP contribution in [0, 0.1) is 12.8 Å². The molecule has 0 saturated heterocycles. The van der Waals surface area contributed by atoms with Crippen LogP contribution in [0.1, 0.15) is 33.6 Å². The third-order valence-corrected chi connectivity index (χ3v) is 1.69. The van der Waals surface area contributed by atoms with Gasteiger partial charge in [0.05, 0.1) is 0 Å². The molecular formula is C11H24LiNO. The van der Waals surface area contributed by atoms with Gasteiger partial charge in [0, 0.05) is 12.5 Å². The molecule has 0 aliphatic heterocycles. The molecule has 0 aromatic heterocycles. The van der Waals surface area contributed by atoms with E-state index < -0.39 is 0 Å². The molecular weight excluding hydrogens is 169 g/mol. The third kappa shape index (κ3) is 18.1. The van der Waals surface area contributed by atoms with Crippen LogP contribution in [0.2, 0.25) is 0 Å². The van der Waals surface area contributed by atoms with Crippen molar-refractivity contribution in [2.75, 3.05) is 20.6 Å². The number of hydrogen-bond donors (Lipinski definition) is 0. The third-order valence-electron chi connectivity index (χ3n) is 1.69. The molecule has 0 N–H and O–H groups in total. The summed E-state index contributed by atoms with van der Waals surface area (Å²) in [7, 11) is 3.94. The first-order valence-corrected chi connectivity index (χ1v) is 4.90. The Hall–Kier alpha value is 0.227. The molecule has 0 aliphatic rings. The Morgan fingerprint density at radius 1 is 1.43 bits per heavy atom. The smallest absolute Gasteiger partial charge is 0.343 e. The maximum absolute atomic E-state index is 10.7. The second-order valence-corrected chi connectivity index (χ2v) is 3.63. The van der Waals surface area contributed by atoms with Crippen LogP contribution in [-0.2, 0) is 4.79 Å². The van der Waals surface area contributed by atoms with Crippen LogP contribution >= 0.6 is 0 Å². The zero-order valence-corrected chi connectivity index (χ0v) is 10.8. The standard InChI is InChI=1S/C7H15NO.C4H9.Li/c1-6(7(2)9)5-8(3)4;1-3-4-2;/h6H,5H2,1-4H3;1,3-4H2,2H3;/q;-1;+1. The second-order valence-electron chi connectivity index (χ2n) is 3.63. The molecule has 1 atom stereocenters. The van der Waals surface area contributed by atoms with Crippen molar-refractivity contribution in [3.05, 3.63) is 6.92 Å². The summed E-state index contributed by atoms with van der Waals surface area (Å²) in [4.78, 5) is 12.7. The molecule has 0 aromatic rings. The summed E-state index contributed by atoms with van der Waals surface area (Å²) in [6.07, 6.45) is 2.28. The zero-order valence-electron chi connectivity index (χ0n) is 10.8. The van der Waals surface area contributed by atoms with Crippen molar-refractivity contribution in [2.45, 2.75) is 33.6 Å². The maximum atomic E-state index is 10.7. The van der Waals surface area contributed by atoms with E-state index in [1.807, 2.05) is 25.9 Å². The van der Waals surface area contributed by atoms with E-state index in [2.05, 4.69) is 13.8 Å². The van der Waals surface area contributed by atoms with Gasteiger partial charge < -0.3 is 11.8 Å². The first-order chi connectivity index (χ1) is 5.95. The van der Waals surface area contributed by atoms with E-state index in [0.29, 0.717) is 0 Å². The summed E-state index contributed by atoms with van der Waals surface area (Å²) in [5, 5.41) is 0. The number of hydrogen-bond acceptors (Lipinski definition) is 2. The fraction of sp³-hybridized carbons (Fsp3) is 0.818. The van der Waals surface area contributed by atoms with Crippen molar-refractivity contribution in [2.24, 2.45) is 5.92 Å². The van der Waals surface area contributed by atoms with Gasteiger partial charge in [-0.1, -0.05) is 20.3 Å². The van der Waals surface area contributed by atoms with Gasteiger partial charge >= 0.3 is 18.9 Å². The van der Waals surface area contributed by atoms with Crippen LogP contribution in [0.25, 0.3) is 0 Å². The molecule has 14 heavy (non-hydrogen) atoms. The molecule has 0 spiro atoms. The molecule has 0 saturated carbocycles. The minimum Gasteiger partial charge on any atom is -0.343 e. The van der Waals surface area contributed by atoms with Crippen molar-refractivity contribution in [3.63, 3.8) is 0 Å². The summed E-state index contributed by atoms with van der Waals surface area (Å²) >= 11 is 0. The Kier molecular flexibility index (Phi) is 18.7. The van der Waals surface area contributed by atoms with Crippen LogP contribution < -0.4 is 18.9 Å². The average Bonchev–Trinajstić information content (AvgIpc) is 2.03. The van der Waals surface area contributed by atoms with Crippen molar-refractivity contribution in [1.29, 1.82) is 0 Å². The van der Waals surface area contributed by atoms with Gasteiger partial charge in [0.15, 0.2) is 0 Å². The van der Waals surface area contributed by atoms with E-state index in [1.165, 1.54) is 6.42 Å². The second kappa shape index (κ2) is 13.2. The Bertz CT molecular complexity index is 124. The number of carbonyl (C=O) groups is 1. The van der Waals surface area contributed by atoms with Crippen LogP contribution in [0.4, 0.5) is 0 Å². The minimum absolute atomic E-state index is 0. The molecule has 0 heterocycles. The monoisotopic (exact) mass is 193 g/mol. The van der Waals surface area contributed by atoms with Crippen LogP contribution in [0.3, 0.4) is 0 Å². The van der Waals surface area contributed by atoms with Crippen LogP contribution in [0.5, 0.6) is 0 Å². The summed E-state index contributed by atoms with van der Waals surface area (Å²) in [5.41, 5.74) is 0. The van der Waals surface area contributed by atoms with Gasteiger partial charge in [0.2, 0.25) is 0 Å². The van der Waals surface area contributed by atoms with E-state index in [1.54, 1.807) is 6.92 Å². The van der Waals surface area contributed by atoms with Crippen LogP contribution in [0.15, 0.2) is 0 Å². The predicted octanol–water partition coefficient (Wildman–Crippen LogP) is -0.602. The van der Waals surface area contributed by atoms with E-state index in [9.17, 15) is 4.79 Å². The van der Waals surface area contributed by atoms with Gasteiger partial charge in [-0.25, -0.2) is 0 Å². The van der Waals surface area contributed by atoms with Crippen molar-refractivity contribution in [1.82, 2.24) is 4.90 Å².